The number of aryl methyl sites for hydroxylation is 2. The van der Waals surface area contributed by atoms with Gasteiger partial charge in [-0.15, -0.1) is 32.9 Å². The Kier molecular flexibility index (Phi) is 7.55. The molecule has 3 aromatic rings. The van der Waals surface area contributed by atoms with E-state index in [-0.39, 0.29) is 11.7 Å². The van der Waals surface area contributed by atoms with Gasteiger partial charge in [0.05, 0.1) is 18.4 Å². The smallest absolute Gasteiger partial charge is 0.341 e. The average molecular weight is 505 g/mol. The molecule has 0 aromatic carbocycles. The normalized spacial score (nSPS) is 13.1. The lowest BCUT2D eigenvalue weighted by Crippen LogP contribution is -2.16. The zero-order valence-electron chi connectivity index (χ0n) is 19.3. The molecule has 0 spiro atoms. The quantitative estimate of drug-likeness (QED) is 0.329. The number of thiophene rings is 2. The van der Waals surface area contributed by atoms with Gasteiger partial charge in [-0.2, -0.15) is 0 Å². The van der Waals surface area contributed by atoms with Gasteiger partial charge in [-0.25, -0.2) is 4.79 Å². The Balaban J connectivity index is 1.49. The summed E-state index contributed by atoms with van der Waals surface area (Å²) in [5.74, 6) is 0.454. The Morgan fingerprint density at radius 3 is 2.76 bits per heavy atom. The largest absolute Gasteiger partial charge is 0.465 e. The van der Waals surface area contributed by atoms with E-state index in [2.05, 4.69) is 32.4 Å². The molecule has 1 aliphatic carbocycles. The van der Waals surface area contributed by atoms with Crippen LogP contribution in [0.3, 0.4) is 0 Å². The Bertz CT molecular complexity index is 1180. The van der Waals surface area contributed by atoms with Crippen molar-refractivity contribution in [2.24, 2.45) is 0 Å². The second-order valence-electron chi connectivity index (χ2n) is 7.83. The summed E-state index contributed by atoms with van der Waals surface area (Å²) in [6.45, 7) is 6.74. The van der Waals surface area contributed by atoms with Crippen molar-refractivity contribution in [3.8, 4) is 11.4 Å². The Labute approximate surface area is 206 Å². The van der Waals surface area contributed by atoms with Crippen molar-refractivity contribution in [3.05, 3.63) is 31.8 Å². The molecule has 0 bridgehead atoms. The standard InChI is InChI=1S/C23H28N4O3S3/c1-5-14-13(3)33-21(19(14)22(29)30-4)24-18(28)12-32-23-26-25-20(27(23)6-2)16-11-31-17-10-8-7-9-15(16)17/h11H,5-10,12H2,1-4H3,(H,24,28). The number of ether oxygens (including phenoxy) is 1. The lowest BCUT2D eigenvalue weighted by atomic mass is 9.96. The van der Waals surface area contributed by atoms with Crippen molar-refractivity contribution in [1.29, 1.82) is 0 Å². The molecule has 1 aliphatic rings. The van der Waals surface area contributed by atoms with Crippen LogP contribution >= 0.6 is 34.4 Å². The monoisotopic (exact) mass is 504 g/mol. The van der Waals surface area contributed by atoms with Crippen LogP contribution in [0.15, 0.2) is 10.5 Å². The molecule has 33 heavy (non-hydrogen) atoms. The summed E-state index contributed by atoms with van der Waals surface area (Å²) in [6, 6.07) is 0. The van der Waals surface area contributed by atoms with Crippen molar-refractivity contribution in [3.63, 3.8) is 0 Å². The van der Waals surface area contributed by atoms with E-state index in [1.807, 2.05) is 25.2 Å². The van der Waals surface area contributed by atoms with Crippen molar-refractivity contribution in [2.45, 2.75) is 64.6 Å². The van der Waals surface area contributed by atoms with Crippen molar-refractivity contribution < 1.29 is 14.3 Å². The van der Waals surface area contributed by atoms with E-state index in [0.717, 1.165) is 40.8 Å². The summed E-state index contributed by atoms with van der Waals surface area (Å²) in [5.41, 5.74) is 3.98. The molecule has 0 atom stereocenters. The number of fused-ring (bicyclic) bond motifs is 1. The molecule has 3 heterocycles. The first kappa shape index (κ1) is 24.0. The van der Waals surface area contributed by atoms with Crippen LogP contribution in [-0.2, 0) is 35.3 Å². The van der Waals surface area contributed by atoms with Gasteiger partial charge in [0.25, 0.3) is 0 Å². The number of rotatable bonds is 8. The van der Waals surface area contributed by atoms with Gasteiger partial charge in [-0.05, 0) is 57.1 Å². The molecule has 10 heteroatoms. The average Bonchev–Trinajstić information content (AvgIpc) is 3.51. The molecule has 0 saturated heterocycles. The van der Waals surface area contributed by atoms with Gasteiger partial charge in [0.15, 0.2) is 11.0 Å². The van der Waals surface area contributed by atoms with E-state index in [4.69, 9.17) is 4.74 Å². The minimum Gasteiger partial charge on any atom is -0.465 e. The zero-order chi connectivity index (χ0) is 23.5. The molecule has 0 unspecified atom stereocenters. The third-order valence-corrected chi connectivity index (χ3v) is 8.99. The number of aromatic nitrogens is 3. The number of hydrogen-bond acceptors (Lipinski definition) is 8. The lowest BCUT2D eigenvalue weighted by Gasteiger charge is -2.13. The summed E-state index contributed by atoms with van der Waals surface area (Å²) >= 11 is 4.59. The third kappa shape index (κ3) is 4.74. The molecule has 176 valence electrons. The third-order valence-electron chi connectivity index (χ3n) is 5.87. The van der Waals surface area contributed by atoms with Gasteiger partial charge in [-0.1, -0.05) is 18.7 Å². The van der Waals surface area contributed by atoms with Crippen molar-refractivity contribution in [2.75, 3.05) is 18.2 Å². The van der Waals surface area contributed by atoms with Crippen LogP contribution in [0.1, 0.15) is 57.9 Å². The zero-order valence-corrected chi connectivity index (χ0v) is 21.8. The van der Waals surface area contributed by atoms with Crippen LogP contribution in [-0.4, -0.2) is 39.5 Å². The molecule has 4 rings (SSSR count). The highest BCUT2D eigenvalue weighted by atomic mass is 32.2. The summed E-state index contributed by atoms with van der Waals surface area (Å²) in [5, 5.41) is 15.3. The lowest BCUT2D eigenvalue weighted by molar-refractivity contribution is -0.113. The second-order valence-corrected chi connectivity index (χ2v) is 11.0. The fourth-order valence-electron chi connectivity index (χ4n) is 4.26. The molecular weight excluding hydrogens is 476 g/mol. The second kappa shape index (κ2) is 10.4. The number of hydrogen-bond donors (Lipinski definition) is 1. The Hall–Kier alpha value is -2.17. The molecule has 3 aromatic heterocycles. The number of carbonyl (C=O) groups excluding carboxylic acids is 2. The summed E-state index contributed by atoms with van der Waals surface area (Å²) in [7, 11) is 1.36. The van der Waals surface area contributed by atoms with E-state index in [0.29, 0.717) is 17.0 Å². The Morgan fingerprint density at radius 2 is 2.03 bits per heavy atom. The maximum Gasteiger partial charge on any atom is 0.341 e. The highest BCUT2D eigenvalue weighted by Crippen LogP contribution is 2.37. The molecule has 1 N–H and O–H groups in total. The SMILES string of the molecule is CCc1c(C)sc(NC(=O)CSc2nnc(-c3csc4c3CCCC4)n2CC)c1C(=O)OC. The van der Waals surface area contributed by atoms with Gasteiger partial charge in [0.2, 0.25) is 5.91 Å². The van der Waals surface area contributed by atoms with Gasteiger partial charge in [0.1, 0.15) is 5.00 Å². The van der Waals surface area contributed by atoms with Gasteiger partial charge in [-0.3, -0.25) is 4.79 Å². The van der Waals surface area contributed by atoms with E-state index in [1.165, 1.54) is 59.1 Å². The number of carbonyl (C=O) groups is 2. The molecule has 0 aliphatic heterocycles. The van der Waals surface area contributed by atoms with Crippen LogP contribution < -0.4 is 5.32 Å². The molecule has 0 saturated carbocycles. The first-order valence-electron chi connectivity index (χ1n) is 11.1. The summed E-state index contributed by atoms with van der Waals surface area (Å²) in [4.78, 5) is 27.5. The van der Waals surface area contributed by atoms with Crippen LogP contribution in [0, 0.1) is 6.92 Å². The van der Waals surface area contributed by atoms with Crippen LogP contribution in [0.5, 0.6) is 0 Å². The number of thioether (sulfide) groups is 1. The fraction of sp³-hybridized carbons (Fsp3) is 0.478. The highest BCUT2D eigenvalue weighted by Gasteiger charge is 2.24. The highest BCUT2D eigenvalue weighted by molar-refractivity contribution is 7.99. The minimum absolute atomic E-state index is 0.179. The molecule has 7 nitrogen and oxygen atoms in total. The van der Waals surface area contributed by atoms with E-state index < -0.39 is 5.97 Å². The van der Waals surface area contributed by atoms with Crippen LogP contribution in [0.2, 0.25) is 0 Å². The van der Waals surface area contributed by atoms with Crippen molar-refractivity contribution in [1.82, 2.24) is 14.8 Å². The maximum atomic E-state index is 12.8. The van der Waals surface area contributed by atoms with Crippen LogP contribution in [0.4, 0.5) is 5.00 Å². The van der Waals surface area contributed by atoms with E-state index >= 15 is 0 Å². The van der Waals surface area contributed by atoms with E-state index in [1.54, 1.807) is 0 Å². The fourth-order valence-corrected chi connectivity index (χ4v) is 7.34. The molecule has 0 radical (unpaired) electrons. The predicted octanol–water partition coefficient (Wildman–Crippen LogP) is 5.36. The van der Waals surface area contributed by atoms with Gasteiger partial charge in [0, 0.05) is 27.2 Å². The number of nitrogens with zero attached hydrogens (tertiary/aromatic N) is 3. The van der Waals surface area contributed by atoms with Gasteiger partial charge < -0.3 is 14.6 Å². The van der Waals surface area contributed by atoms with Gasteiger partial charge >= 0.3 is 5.97 Å². The first-order chi connectivity index (χ1) is 16.0. The number of anilines is 1. The minimum atomic E-state index is -0.423. The first-order valence-corrected chi connectivity index (χ1v) is 13.8. The Morgan fingerprint density at radius 1 is 1.24 bits per heavy atom. The molecule has 1 amide bonds. The number of methoxy groups -OCH3 is 1. The predicted molar refractivity (Wildman–Crippen MR) is 135 cm³/mol. The molecular formula is C23H28N4O3S3. The summed E-state index contributed by atoms with van der Waals surface area (Å²) in [6.07, 6.45) is 5.42. The van der Waals surface area contributed by atoms with E-state index in [9.17, 15) is 9.59 Å². The number of amides is 1. The number of nitrogens with one attached hydrogen (secondary N) is 1. The topological polar surface area (TPSA) is 86.1 Å². The van der Waals surface area contributed by atoms with Crippen LogP contribution in [0.25, 0.3) is 11.4 Å². The summed E-state index contributed by atoms with van der Waals surface area (Å²) < 4.78 is 7.02. The number of esters is 1. The maximum absolute atomic E-state index is 12.8. The molecule has 0 fully saturated rings. The van der Waals surface area contributed by atoms with Crippen molar-refractivity contribution >= 4 is 51.3 Å².